The van der Waals surface area contributed by atoms with Crippen molar-refractivity contribution in [3.8, 4) is 0 Å². The maximum absolute atomic E-state index is 12.3. The van der Waals surface area contributed by atoms with Crippen molar-refractivity contribution in [3.05, 3.63) is 20.8 Å². The molecule has 0 aliphatic heterocycles. The molecule has 1 aliphatic carbocycles. The summed E-state index contributed by atoms with van der Waals surface area (Å²) in [7, 11) is 0. The molecule has 0 fully saturated rings. The Morgan fingerprint density at radius 3 is 3.16 bits per heavy atom. The molecule has 0 saturated heterocycles. The van der Waals surface area contributed by atoms with Crippen LogP contribution in [0, 0.1) is 5.92 Å². The molecule has 1 atom stereocenters. The van der Waals surface area contributed by atoms with Crippen molar-refractivity contribution in [2.75, 3.05) is 5.75 Å². The molecule has 2 aromatic rings. The first kappa shape index (κ1) is 13.2. The number of thioether (sulfide) groups is 1. The van der Waals surface area contributed by atoms with Crippen LogP contribution in [-0.2, 0) is 12.8 Å². The van der Waals surface area contributed by atoms with E-state index >= 15 is 0 Å². The second-order valence-electron chi connectivity index (χ2n) is 5.25. The molecule has 0 bridgehead atoms. The van der Waals surface area contributed by atoms with Gasteiger partial charge in [0.15, 0.2) is 5.16 Å². The fourth-order valence-corrected chi connectivity index (χ4v) is 4.60. The van der Waals surface area contributed by atoms with Gasteiger partial charge in [0.2, 0.25) is 0 Å². The lowest BCUT2D eigenvalue weighted by Gasteiger charge is -2.17. The molecule has 0 unspecified atom stereocenters. The maximum atomic E-state index is 12.3. The van der Waals surface area contributed by atoms with Crippen molar-refractivity contribution in [1.82, 2.24) is 9.97 Å². The summed E-state index contributed by atoms with van der Waals surface area (Å²) >= 11 is 3.36. The Bertz CT molecular complexity index is 659. The van der Waals surface area contributed by atoms with Crippen LogP contribution in [0.25, 0.3) is 10.2 Å². The van der Waals surface area contributed by atoms with Gasteiger partial charge in [0, 0.05) is 10.6 Å². The molecule has 0 saturated carbocycles. The molecule has 102 valence electrons. The van der Waals surface area contributed by atoms with E-state index in [0.29, 0.717) is 5.92 Å². The van der Waals surface area contributed by atoms with Gasteiger partial charge in [0.05, 0.1) is 5.39 Å². The van der Waals surface area contributed by atoms with Crippen LogP contribution < -0.4 is 5.56 Å². The average molecular weight is 294 g/mol. The first-order valence-electron chi connectivity index (χ1n) is 6.86. The number of thiophene rings is 1. The molecule has 1 aliphatic rings. The standard InChI is InChI=1S/C14H18N2OS2/c1-3-6-18-14-15-12(17)11-9-7-8(2)4-5-10(9)19-13(11)16-14/h8H,3-7H2,1-2H3,(H,15,16,17)/t8-/m0/s1. The lowest BCUT2D eigenvalue weighted by molar-refractivity contribution is 0.508. The van der Waals surface area contributed by atoms with Crippen molar-refractivity contribution in [1.29, 1.82) is 0 Å². The number of aromatic amines is 1. The Hall–Kier alpha value is -0.810. The predicted molar refractivity (Wildman–Crippen MR) is 82.4 cm³/mol. The van der Waals surface area contributed by atoms with E-state index in [-0.39, 0.29) is 5.56 Å². The van der Waals surface area contributed by atoms with Crippen molar-refractivity contribution in [2.24, 2.45) is 5.92 Å². The molecule has 5 heteroatoms. The summed E-state index contributed by atoms with van der Waals surface area (Å²) in [6, 6.07) is 0. The summed E-state index contributed by atoms with van der Waals surface area (Å²) in [5.41, 5.74) is 1.31. The first-order valence-corrected chi connectivity index (χ1v) is 8.66. The normalized spacial score (nSPS) is 18.7. The second kappa shape index (κ2) is 5.29. The van der Waals surface area contributed by atoms with E-state index in [4.69, 9.17) is 0 Å². The van der Waals surface area contributed by atoms with Crippen LogP contribution >= 0.6 is 23.1 Å². The van der Waals surface area contributed by atoms with E-state index in [9.17, 15) is 4.79 Å². The van der Waals surface area contributed by atoms with E-state index in [1.807, 2.05) is 0 Å². The molecule has 3 nitrogen and oxygen atoms in total. The van der Waals surface area contributed by atoms with Gasteiger partial charge in [0.1, 0.15) is 4.83 Å². The van der Waals surface area contributed by atoms with Gasteiger partial charge in [0.25, 0.3) is 5.56 Å². The van der Waals surface area contributed by atoms with Gasteiger partial charge in [-0.1, -0.05) is 25.6 Å². The van der Waals surface area contributed by atoms with E-state index in [2.05, 4.69) is 23.8 Å². The smallest absolute Gasteiger partial charge is 0.260 e. The number of fused-ring (bicyclic) bond motifs is 3. The fourth-order valence-electron chi connectivity index (χ4n) is 2.60. The van der Waals surface area contributed by atoms with Crippen molar-refractivity contribution in [2.45, 2.75) is 44.7 Å². The lowest BCUT2D eigenvalue weighted by Crippen LogP contribution is -2.14. The number of H-pyrrole nitrogens is 1. The van der Waals surface area contributed by atoms with Crippen LogP contribution in [0.15, 0.2) is 9.95 Å². The molecular formula is C14H18N2OS2. The third-order valence-corrected chi connectivity index (χ3v) is 5.85. The Kier molecular flexibility index (Phi) is 3.67. The minimum atomic E-state index is 0.0511. The first-order chi connectivity index (χ1) is 9.19. The quantitative estimate of drug-likeness (QED) is 0.695. The van der Waals surface area contributed by atoms with Crippen LogP contribution in [0.5, 0.6) is 0 Å². The Balaban J connectivity index is 2.10. The summed E-state index contributed by atoms with van der Waals surface area (Å²) < 4.78 is 0. The van der Waals surface area contributed by atoms with Crippen LogP contribution in [0.1, 0.15) is 37.1 Å². The van der Waals surface area contributed by atoms with Gasteiger partial charge >= 0.3 is 0 Å². The number of hydrogen-bond donors (Lipinski definition) is 1. The zero-order valence-electron chi connectivity index (χ0n) is 11.3. The number of hydrogen-bond acceptors (Lipinski definition) is 4. The number of aromatic nitrogens is 2. The van der Waals surface area contributed by atoms with Crippen LogP contribution in [-0.4, -0.2) is 15.7 Å². The number of nitrogens with one attached hydrogen (secondary N) is 1. The van der Waals surface area contributed by atoms with E-state index < -0.39 is 0 Å². The van der Waals surface area contributed by atoms with Crippen LogP contribution in [0.3, 0.4) is 0 Å². The average Bonchev–Trinajstić information content (AvgIpc) is 2.74. The van der Waals surface area contributed by atoms with E-state index in [1.165, 1.54) is 16.9 Å². The molecule has 1 N–H and O–H groups in total. The molecule has 2 aromatic heterocycles. The van der Waals surface area contributed by atoms with E-state index in [0.717, 1.165) is 40.4 Å². The topological polar surface area (TPSA) is 45.8 Å². The maximum Gasteiger partial charge on any atom is 0.260 e. The van der Waals surface area contributed by atoms with Crippen LogP contribution in [0.4, 0.5) is 0 Å². The molecule has 0 amide bonds. The molecule has 2 heterocycles. The number of nitrogens with zero attached hydrogens (tertiary/aromatic N) is 1. The van der Waals surface area contributed by atoms with Gasteiger partial charge in [-0.05, 0) is 37.2 Å². The van der Waals surface area contributed by atoms with Gasteiger partial charge in [-0.15, -0.1) is 11.3 Å². The molecule has 0 aromatic carbocycles. The minimum absolute atomic E-state index is 0.0511. The van der Waals surface area contributed by atoms with Gasteiger partial charge in [-0.3, -0.25) is 4.79 Å². The Labute approximate surface area is 120 Å². The highest BCUT2D eigenvalue weighted by molar-refractivity contribution is 7.99. The van der Waals surface area contributed by atoms with Crippen LogP contribution in [0.2, 0.25) is 0 Å². The Morgan fingerprint density at radius 1 is 1.53 bits per heavy atom. The number of aryl methyl sites for hydroxylation is 1. The zero-order valence-corrected chi connectivity index (χ0v) is 12.9. The van der Waals surface area contributed by atoms with Crippen molar-refractivity contribution in [3.63, 3.8) is 0 Å². The highest BCUT2D eigenvalue weighted by atomic mass is 32.2. The lowest BCUT2D eigenvalue weighted by atomic mass is 9.89. The third-order valence-electron chi connectivity index (χ3n) is 3.58. The molecular weight excluding hydrogens is 276 g/mol. The van der Waals surface area contributed by atoms with E-state index in [1.54, 1.807) is 23.1 Å². The van der Waals surface area contributed by atoms with Gasteiger partial charge in [-0.2, -0.15) is 0 Å². The highest BCUT2D eigenvalue weighted by Crippen LogP contribution is 2.36. The zero-order chi connectivity index (χ0) is 13.4. The Morgan fingerprint density at radius 2 is 2.37 bits per heavy atom. The second-order valence-corrected chi connectivity index (χ2v) is 7.42. The number of rotatable bonds is 3. The van der Waals surface area contributed by atoms with Crippen molar-refractivity contribution < 1.29 is 0 Å². The van der Waals surface area contributed by atoms with Gasteiger partial charge in [-0.25, -0.2) is 4.98 Å². The summed E-state index contributed by atoms with van der Waals surface area (Å²) in [5, 5.41) is 1.62. The largest absolute Gasteiger partial charge is 0.301 e. The van der Waals surface area contributed by atoms with Crippen molar-refractivity contribution >= 4 is 33.3 Å². The monoisotopic (exact) mass is 294 g/mol. The molecule has 19 heavy (non-hydrogen) atoms. The molecule has 3 rings (SSSR count). The highest BCUT2D eigenvalue weighted by Gasteiger charge is 2.23. The fraction of sp³-hybridized carbons (Fsp3) is 0.571. The minimum Gasteiger partial charge on any atom is -0.301 e. The summed E-state index contributed by atoms with van der Waals surface area (Å²) in [4.78, 5) is 22.2. The third kappa shape index (κ3) is 2.46. The summed E-state index contributed by atoms with van der Waals surface area (Å²) in [6.07, 6.45) is 4.45. The molecule has 0 radical (unpaired) electrons. The summed E-state index contributed by atoms with van der Waals surface area (Å²) in [6.45, 7) is 4.40. The van der Waals surface area contributed by atoms with Gasteiger partial charge < -0.3 is 4.98 Å². The molecule has 0 spiro atoms. The summed E-state index contributed by atoms with van der Waals surface area (Å²) in [5.74, 6) is 1.68. The predicted octanol–water partition coefficient (Wildman–Crippen LogP) is 3.61. The SMILES string of the molecule is CCCSc1nc2sc3c(c2c(=O)[nH]1)C[C@@H](C)CC3.